The maximum atomic E-state index is 13.2. The molecule has 1 aliphatic rings. The molecule has 0 radical (unpaired) electrons. The lowest BCUT2D eigenvalue weighted by Crippen LogP contribution is -2.42. The van der Waals surface area contributed by atoms with Gasteiger partial charge < -0.3 is 14.6 Å². The Balaban J connectivity index is 1.49. The maximum absolute atomic E-state index is 13.2. The second kappa shape index (κ2) is 8.69. The molecule has 1 N–H and O–H groups in total. The van der Waals surface area contributed by atoms with Crippen molar-refractivity contribution >= 4 is 34.4 Å². The molecule has 1 amide bonds. The highest BCUT2D eigenvalue weighted by Crippen LogP contribution is 2.29. The van der Waals surface area contributed by atoms with Crippen molar-refractivity contribution in [3.63, 3.8) is 0 Å². The number of thioether (sulfide) groups is 1. The predicted molar refractivity (Wildman–Crippen MR) is 114 cm³/mol. The van der Waals surface area contributed by atoms with Gasteiger partial charge in [-0.25, -0.2) is 4.98 Å². The fourth-order valence-corrected chi connectivity index (χ4v) is 4.59. The predicted octanol–water partition coefficient (Wildman–Crippen LogP) is 5.03. The van der Waals surface area contributed by atoms with E-state index in [1.807, 2.05) is 53.4 Å². The van der Waals surface area contributed by atoms with Crippen LogP contribution in [-0.2, 0) is 4.79 Å². The lowest BCUT2D eigenvalue weighted by molar-refractivity contribution is -0.116. The first kappa shape index (κ1) is 18.9. The van der Waals surface area contributed by atoms with Gasteiger partial charge in [0.15, 0.2) is 5.16 Å². The van der Waals surface area contributed by atoms with E-state index >= 15 is 0 Å². The first-order valence-electron chi connectivity index (χ1n) is 9.78. The van der Waals surface area contributed by atoms with Gasteiger partial charge in [0.2, 0.25) is 5.91 Å². The summed E-state index contributed by atoms with van der Waals surface area (Å²) in [5.41, 5.74) is 2.79. The number of carbonyl (C=O) groups excluding carboxylic acids is 1. The number of aromatic amines is 1. The van der Waals surface area contributed by atoms with E-state index in [0.29, 0.717) is 11.8 Å². The summed E-state index contributed by atoms with van der Waals surface area (Å²) >= 11 is 1.46. The molecule has 0 aliphatic heterocycles. The summed E-state index contributed by atoms with van der Waals surface area (Å²) in [6.07, 6.45) is 5.82. The molecule has 0 unspecified atom stereocenters. The molecule has 1 aromatic heterocycles. The fraction of sp³-hybridized carbons (Fsp3) is 0.364. The maximum Gasteiger partial charge on any atom is 0.237 e. The molecule has 1 saturated carbocycles. The van der Waals surface area contributed by atoms with Gasteiger partial charge in [0.25, 0.3) is 0 Å². The Bertz CT molecular complexity index is 935. The number of hydrogen-bond acceptors (Lipinski definition) is 4. The van der Waals surface area contributed by atoms with E-state index in [0.717, 1.165) is 40.5 Å². The number of imidazole rings is 1. The number of anilines is 1. The van der Waals surface area contributed by atoms with Crippen LogP contribution in [0.5, 0.6) is 5.75 Å². The Morgan fingerprint density at radius 3 is 2.71 bits per heavy atom. The van der Waals surface area contributed by atoms with Gasteiger partial charge in [-0.2, -0.15) is 0 Å². The van der Waals surface area contributed by atoms with Crippen molar-refractivity contribution in [3.05, 3.63) is 48.5 Å². The average molecular weight is 396 g/mol. The van der Waals surface area contributed by atoms with E-state index in [1.54, 1.807) is 7.11 Å². The lowest BCUT2D eigenvalue weighted by atomic mass is 9.93. The first-order chi connectivity index (χ1) is 13.7. The van der Waals surface area contributed by atoms with Crippen LogP contribution in [0, 0.1) is 0 Å². The van der Waals surface area contributed by atoms with Crippen molar-refractivity contribution in [2.24, 2.45) is 0 Å². The highest BCUT2D eigenvalue weighted by Gasteiger charge is 2.27. The second-order valence-corrected chi connectivity index (χ2v) is 8.07. The van der Waals surface area contributed by atoms with E-state index < -0.39 is 0 Å². The first-order valence-corrected chi connectivity index (χ1v) is 10.8. The Kier molecular flexibility index (Phi) is 5.86. The van der Waals surface area contributed by atoms with E-state index in [1.165, 1.54) is 31.0 Å². The molecular weight excluding hydrogens is 370 g/mol. The zero-order valence-corrected chi connectivity index (χ0v) is 16.9. The number of nitrogens with zero attached hydrogens (tertiary/aromatic N) is 2. The van der Waals surface area contributed by atoms with Gasteiger partial charge in [-0.1, -0.05) is 49.2 Å². The summed E-state index contributed by atoms with van der Waals surface area (Å²) in [7, 11) is 1.65. The van der Waals surface area contributed by atoms with Crippen LogP contribution in [0.2, 0.25) is 0 Å². The SMILES string of the molecule is COc1ccc2nc(SCC(=O)N(c3ccccc3)C3CCCCC3)[nH]c2c1. The molecule has 146 valence electrons. The lowest BCUT2D eigenvalue weighted by Gasteiger charge is -2.34. The molecule has 1 heterocycles. The number of ether oxygens (including phenoxy) is 1. The molecule has 0 atom stereocenters. The van der Waals surface area contributed by atoms with Crippen LogP contribution in [0.15, 0.2) is 53.7 Å². The van der Waals surface area contributed by atoms with Crippen LogP contribution in [0.4, 0.5) is 5.69 Å². The summed E-state index contributed by atoms with van der Waals surface area (Å²) < 4.78 is 5.26. The van der Waals surface area contributed by atoms with E-state index in [9.17, 15) is 4.79 Å². The number of rotatable bonds is 6. The summed E-state index contributed by atoms with van der Waals surface area (Å²) in [6, 6.07) is 16.1. The van der Waals surface area contributed by atoms with E-state index in [-0.39, 0.29) is 5.91 Å². The van der Waals surface area contributed by atoms with Crippen LogP contribution < -0.4 is 9.64 Å². The van der Waals surface area contributed by atoms with Crippen LogP contribution in [0.25, 0.3) is 11.0 Å². The number of nitrogens with one attached hydrogen (secondary N) is 1. The van der Waals surface area contributed by atoms with Gasteiger partial charge in [-0.3, -0.25) is 4.79 Å². The molecular formula is C22H25N3O2S. The smallest absolute Gasteiger partial charge is 0.237 e. The Hall–Kier alpha value is -2.47. The van der Waals surface area contributed by atoms with Gasteiger partial charge in [0.05, 0.1) is 23.9 Å². The Morgan fingerprint density at radius 2 is 1.96 bits per heavy atom. The monoisotopic (exact) mass is 395 g/mol. The third kappa shape index (κ3) is 4.17. The Labute approximate surface area is 169 Å². The topological polar surface area (TPSA) is 58.2 Å². The third-order valence-electron chi connectivity index (χ3n) is 5.24. The summed E-state index contributed by atoms with van der Waals surface area (Å²) in [5, 5.41) is 0.758. The van der Waals surface area contributed by atoms with Gasteiger partial charge in [-0.05, 0) is 37.1 Å². The van der Waals surface area contributed by atoms with Crippen molar-refractivity contribution in [3.8, 4) is 5.75 Å². The number of hydrogen-bond donors (Lipinski definition) is 1. The number of benzene rings is 2. The third-order valence-corrected chi connectivity index (χ3v) is 6.10. The van der Waals surface area contributed by atoms with Crippen LogP contribution in [-0.4, -0.2) is 34.8 Å². The zero-order chi connectivity index (χ0) is 19.3. The Morgan fingerprint density at radius 1 is 1.18 bits per heavy atom. The molecule has 0 bridgehead atoms. The molecule has 0 spiro atoms. The number of H-pyrrole nitrogens is 1. The quantitative estimate of drug-likeness (QED) is 0.595. The molecule has 0 saturated heterocycles. The van der Waals surface area contributed by atoms with Crippen LogP contribution >= 0.6 is 11.8 Å². The minimum atomic E-state index is 0.140. The van der Waals surface area contributed by atoms with Crippen molar-refractivity contribution < 1.29 is 9.53 Å². The highest BCUT2D eigenvalue weighted by molar-refractivity contribution is 7.99. The average Bonchev–Trinajstić information content (AvgIpc) is 3.16. The molecule has 3 aromatic rings. The molecule has 1 aliphatic carbocycles. The molecule has 4 rings (SSSR count). The number of amides is 1. The summed E-state index contributed by atoms with van der Waals surface area (Å²) in [6.45, 7) is 0. The fourth-order valence-electron chi connectivity index (χ4n) is 3.85. The minimum absolute atomic E-state index is 0.140. The number of methoxy groups -OCH3 is 1. The largest absolute Gasteiger partial charge is 0.497 e. The summed E-state index contributed by atoms with van der Waals surface area (Å²) in [5.74, 6) is 1.29. The van der Waals surface area contributed by atoms with E-state index in [4.69, 9.17) is 4.74 Å². The number of fused-ring (bicyclic) bond motifs is 1. The second-order valence-electron chi connectivity index (χ2n) is 7.10. The number of aromatic nitrogens is 2. The van der Waals surface area contributed by atoms with Gasteiger partial charge in [0, 0.05) is 17.8 Å². The molecule has 2 aromatic carbocycles. The van der Waals surface area contributed by atoms with Gasteiger partial charge in [0.1, 0.15) is 5.75 Å². The van der Waals surface area contributed by atoms with Crippen molar-refractivity contribution in [2.75, 3.05) is 17.8 Å². The minimum Gasteiger partial charge on any atom is -0.497 e. The van der Waals surface area contributed by atoms with Gasteiger partial charge in [-0.15, -0.1) is 0 Å². The van der Waals surface area contributed by atoms with Crippen LogP contribution in [0.3, 0.4) is 0 Å². The summed E-state index contributed by atoms with van der Waals surface area (Å²) in [4.78, 5) is 23.1. The highest BCUT2D eigenvalue weighted by atomic mass is 32.2. The van der Waals surface area contributed by atoms with Crippen LogP contribution in [0.1, 0.15) is 32.1 Å². The zero-order valence-electron chi connectivity index (χ0n) is 16.1. The van der Waals surface area contributed by atoms with Crippen molar-refractivity contribution in [1.82, 2.24) is 9.97 Å². The standard InChI is InChI=1S/C22H25N3O2S/c1-27-18-12-13-19-20(14-18)24-22(23-19)28-15-21(26)25(16-8-4-2-5-9-16)17-10-6-3-7-11-17/h2,4-5,8-9,12-14,17H,3,6-7,10-11,15H2,1H3,(H,23,24). The molecule has 28 heavy (non-hydrogen) atoms. The molecule has 1 fully saturated rings. The molecule has 6 heteroatoms. The van der Waals surface area contributed by atoms with E-state index in [2.05, 4.69) is 9.97 Å². The molecule has 5 nitrogen and oxygen atoms in total. The number of carbonyl (C=O) groups is 1. The van der Waals surface area contributed by atoms with Crippen molar-refractivity contribution in [2.45, 2.75) is 43.3 Å². The number of para-hydroxylation sites is 1. The van der Waals surface area contributed by atoms with Gasteiger partial charge >= 0.3 is 0 Å². The normalized spacial score (nSPS) is 14.9. The van der Waals surface area contributed by atoms with Crippen molar-refractivity contribution in [1.29, 1.82) is 0 Å².